The number of methoxy groups -OCH3 is 1. The van der Waals surface area contributed by atoms with Crippen molar-refractivity contribution < 1.29 is 14.6 Å². The van der Waals surface area contributed by atoms with E-state index >= 15 is 0 Å². The van der Waals surface area contributed by atoms with Crippen molar-refractivity contribution in [2.24, 2.45) is 5.41 Å². The third-order valence-corrected chi connectivity index (χ3v) is 8.04. The Balaban J connectivity index is 1.44. The fourth-order valence-electron chi connectivity index (χ4n) is 5.24. The van der Waals surface area contributed by atoms with Crippen LogP contribution >= 0.6 is 11.3 Å². The van der Waals surface area contributed by atoms with Crippen LogP contribution in [0.1, 0.15) is 42.5 Å². The van der Waals surface area contributed by atoms with Crippen LogP contribution in [0.2, 0.25) is 0 Å². The second-order valence-electron chi connectivity index (χ2n) is 9.88. The maximum absolute atomic E-state index is 11.8. The van der Waals surface area contributed by atoms with E-state index in [1.165, 1.54) is 5.56 Å². The summed E-state index contributed by atoms with van der Waals surface area (Å²) < 4.78 is 5.48. The summed E-state index contributed by atoms with van der Waals surface area (Å²) in [6, 6.07) is 10.1. The van der Waals surface area contributed by atoms with Gasteiger partial charge < -0.3 is 14.7 Å². The van der Waals surface area contributed by atoms with Gasteiger partial charge >= 0.3 is 5.97 Å². The second-order valence-corrected chi connectivity index (χ2v) is 10.8. The van der Waals surface area contributed by atoms with Gasteiger partial charge in [0.1, 0.15) is 5.75 Å². The molecule has 1 aliphatic rings. The van der Waals surface area contributed by atoms with Crippen LogP contribution in [0.4, 0.5) is 5.69 Å². The number of fused-ring (bicyclic) bond motifs is 1. The Kier molecular flexibility index (Phi) is 8.50. The Morgan fingerprint density at radius 1 is 1.28 bits per heavy atom. The van der Waals surface area contributed by atoms with Crippen molar-refractivity contribution in [1.82, 2.24) is 9.88 Å². The van der Waals surface area contributed by atoms with E-state index in [1.807, 2.05) is 49.9 Å². The first-order valence-electron chi connectivity index (χ1n) is 12.5. The van der Waals surface area contributed by atoms with E-state index in [4.69, 9.17) is 4.74 Å². The fourth-order valence-corrected chi connectivity index (χ4v) is 5.83. The first kappa shape index (κ1) is 26.0. The van der Waals surface area contributed by atoms with Crippen LogP contribution in [0.15, 0.2) is 41.9 Å². The number of hydrogen-bond acceptors (Lipinski definition) is 6. The maximum Gasteiger partial charge on any atom is 0.303 e. The second kappa shape index (κ2) is 11.8. The molecule has 0 spiro atoms. The molecule has 7 heteroatoms. The SMILES string of the molecule is COc1ccc2ncc(N(C)C)c(CCCC3(CC(=O)O)CCN(CC#Cc4cccs4)CC3)c2c1. The molecule has 1 aliphatic heterocycles. The van der Waals surface area contributed by atoms with Crippen molar-refractivity contribution in [2.45, 2.75) is 38.5 Å². The van der Waals surface area contributed by atoms with Gasteiger partial charge in [0.15, 0.2) is 0 Å². The lowest BCUT2D eigenvalue weighted by atomic mass is 9.72. The predicted molar refractivity (Wildman–Crippen MR) is 147 cm³/mol. The highest BCUT2D eigenvalue weighted by Crippen LogP contribution is 2.41. The summed E-state index contributed by atoms with van der Waals surface area (Å²) in [5.41, 5.74) is 3.13. The highest BCUT2D eigenvalue weighted by molar-refractivity contribution is 7.10. The average molecular weight is 506 g/mol. The first-order chi connectivity index (χ1) is 17.4. The molecule has 190 valence electrons. The highest BCUT2D eigenvalue weighted by atomic mass is 32.1. The lowest BCUT2D eigenvalue weighted by Crippen LogP contribution is -2.41. The molecule has 1 aromatic carbocycles. The van der Waals surface area contributed by atoms with Crippen molar-refractivity contribution in [1.29, 1.82) is 0 Å². The summed E-state index contributed by atoms with van der Waals surface area (Å²) in [4.78, 5) is 22.0. The van der Waals surface area contributed by atoms with Crippen LogP contribution in [0.25, 0.3) is 10.9 Å². The number of pyridine rings is 1. The number of ether oxygens (including phenoxy) is 1. The standard InChI is InChI=1S/C29H35N3O3S/c1-31(2)27-21-30-26-11-10-22(35-3)19-25(26)24(27)9-4-12-29(20-28(33)34)13-16-32(17-14-29)15-5-7-23-8-6-18-36-23/h6,8,10-11,18-19,21H,4,9,12-17,20H2,1-3H3,(H,33,34). The van der Waals surface area contributed by atoms with Gasteiger partial charge in [-0.3, -0.25) is 14.7 Å². The van der Waals surface area contributed by atoms with Crippen LogP contribution in [0.5, 0.6) is 5.75 Å². The Morgan fingerprint density at radius 3 is 2.75 bits per heavy atom. The zero-order valence-electron chi connectivity index (χ0n) is 21.4. The molecule has 4 rings (SSSR count). The van der Waals surface area contributed by atoms with Gasteiger partial charge in [0, 0.05) is 19.5 Å². The number of anilines is 1. The molecule has 6 nitrogen and oxygen atoms in total. The lowest BCUT2D eigenvalue weighted by Gasteiger charge is -2.41. The molecule has 36 heavy (non-hydrogen) atoms. The summed E-state index contributed by atoms with van der Waals surface area (Å²) in [7, 11) is 5.75. The van der Waals surface area contributed by atoms with E-state index in [0.29, 0.717) is 0 Å². The van der Waals surface area contributed by atoms with Crippen LogP contribution < -0.4 is 9.64 Å². The van der Waals surface area contributed by atoms with E-state index in [-0.39, 0.29) is 11.8 Å². The van der Waals surface area contributed by atoms with E-state index < -0.39 is 5.97 Å². The van der Waals surface area contributed by atoms with Crippen molar-refractivity contribution in [3.8, 4) is 17.6 Å². The normalized spacial score (nSPS) is 15.3. The Bertz CT molecular complexity index is 1240. The number of piperidine rings is 1. The van der Waals surface area contributed by atoms with Crippen LogP contribution in [0.3, 0.4) is 0 Å². The fraction of sp³-hybridized carbons (Fsp3) is 0.448. The topological polar surface area (TPSA) is 65.9 Å². The summed E-state index contributed by atoms with van der Waals surface area (Å²) in [5.74, 6) is 6.63. The molecule has 0 amide bonds. The number of carbonyl (C=O) groups is 1. The van der Waals surface area contributed by atoms with Crippen LogP contribution in [-0.4, -0.2) is 61.8 Å². The van der Waals surface area contributed by atoms with Gasteiger partial charge in [-0.25, -0.2) is 0 Å². The number of hydrogen-bond donors (Lipinski definition) is 1. The molecule has 1 N–H and O–H groups in total. The number of aliphatic carboxylic acids is 1. The minimum Gasteiger partial charge on any atom is -0.497 e. The number of benzene rings is 1. The molecule has 0 saturated carbocycles. The molecule has 0 bridgehead atoms. The molecule has 2 aromatic heterocycles. The van der Waals surface area contributed by atoms with Crippen LogP contribution in [0, 0.1) is 17.3 Å². The summed E-state index contributed by atoms with van der Waals surface area (Å²) in [6.45, 7) is 2.52. The largest absolute Gasteiger partial charge is 0.497 e. The van der Waals surface area contributed by atoms with Gasteiger partial charge in [-0.15, -0.1) is 11.3 Å². The molecule has 3 heterocycles. The number of likely N-dealkylation sites (tertiary alicyclic amines) is 1. The smallest absolute Gasteiger partial charge is 0.303 e. The van der Waals surface area contributed by atoms with E-state index in [1.54, 1.807) is 18.4 Å². The lowest BCUT2D eigenvalue weighted by molar-refractivity contribution is -0.140. The number of thiophene rings is 1. The average Bonchev–Trinajstić information content (AvgIpc) is 3.38. The first-order valence-corrected chi connectivity index (χ1v) is 13.4. The number of carboxylic acids is 1. The minimum absolute atomic E-state index is 0.164. The number of nitrogens with zero attached hydrogens (tertiary/aromatic N) is 3. The maximum atomic E-state index is 11.8. The number of aromatic nitrogens is 1. The molecule has 0 aliphatic carbocycles. The van der Waals surface area contributed by atoms with Gasteiger partial charge in [-0.2, -0.15) is 0 Å². The third kappa shape index (κ3) is 6.37. The van der Waals surface area contributed by atoms with E-state index in [0.717, 1.165) is 79.0 Å². The van der Waals surface area contributed by atoms with Crippen LogP contribution in [-0.2, 0) is 11.2 Å². The molecular formula is C29H35N3O3S. The van der Waals surface area contributed by atoms with Crippen molar-refractivity contribution in [2.75, 3.05) is 45.7 Å². The van der Waals surface area contributed by atoms with Crippen molar-refractivity contribution in [3.63, 3.8) is 0 Å². The quantitative estimate of drug-likeness (QED) is 0.398. The van der Waals surface area contributed by atoms with Gasteiger partial charge in [0.25, 0.3) is 0 Å². The summed E-state index contributed by atoms with van der Waals surface area (Å²) in [6.07, 6.45) is 6.66. The van der Waals surface area contributed by atoms with Gasteiger partial charge in [-0.1, -0.05) is 17.9 Å². The Labute approximate surface area is 217 Å². The van der Waals surface area contributed by atoms with Gasteiger partial charge in [-0.05, 0) is 85.8 Å². The van der Waals surface area contributed by atoms with Crippen molar-refractivity contribution >= 4 is 33.9 Å². The number of rotatable bonds is 9. The highest BCUT2D eigenvalue weighted by Gasteiger charge is 2.36. The van der Waals surface area contributed by atoms with Gasteiger partial charge in [0.05, 0.1) is 42.4 Å². The number of aryl methyl sites for hydroxylation is 1. The monoisotopic (exact) mass is 505 g/mol. The summed E-state index contributed by atoms with van der Waals surface area (Å²) in [5, 5.41) is 12.9. The zero-order valence-corrected chi connectivity index (χ0v) is 22.2. The molecule has 1 saturated heterocycles. The molecular weight excluding hydrogens is 470 g/mol. The van der Waals surface area contributed by atoms with E-state index in [2.05, 4.69) is 32.7 Å². The third-order valence-electron chi connectivity index (χ3n) is 7.26. The molecule has 0 radical (unpaired) electrons. The molecule has 0 atom stereocenters. The Hall–Kier alpha value is -3.08. The Morgan fingerprint density at radius 2 is 2.08 bits per heavy atom. The molecule has 0 unspecified atom stereocenters. The zero-order chi connectivity index (χ0) is 25.5. The summed E-state index contributed by atoms with van der Waals surface area (Å²) >= 11 is 1.66. The predicted octanol–water partition coefficient (Wildman–Crippen LogP) is 5.30. The molecule has 3 aromatic rings. The minimum atomic E-state index is -0.700. The number of carboxylic acid groups (broad SMARTS) is 1. The molecule has 1 fully saturated rings. The van der Waals surface area contributed by atoms with Gasteiger partial charge in [0.2, 0.25) is 0 Å². The van der Waals surface area contributed by atoms with E-state index in [9.17, 15) is 9.90 Å². The van der Waals surface area contributed by atoms with Crippen molar-refractivity contribution in [3.05, 3.63) is 52.3 Å².